The van der Waals surface area contributed by atoms with E-state index < -0.39 is 6.04 Å². The van der Waals surface area contributed by atoms with Crippen molar-refractivity contribution >= 4 is 45.1 Å². The minimum Gasteiger partial charge on any atom is -0.395 e. The summed E-state index contributed by atoms with van der Waals surface area (Å²) in [4.78, 5) is 31.8. The van der Waals surface area contributed by atoms with Crippen molar-refractivity contribution < 1.29 is 14.7 Å². The van der Waals surface area contributed by atoms with Crippen molar-refractivity contribution in [2.45, 2.75) is 6.04 Å². The van der Waals surface area contributed by atoms with Crippen molar-refractivity contribution in [1.29, 1.82) is 0 Å². The number of pyridine rings is 1. The number of rotatable bonds is 4. The molecule has 2 bridgehead atoms. The van der Waals surface area contributed by atoms with Crippen LogP contribution in [-0.4, -0.2) is 41.0 Å². The monoisotopic (exact) mass is 399 g/mol. The maximum Gasteiger partial charge on any atom is 0.262 e. The zero-order chi connectivity index (χ0) is 17.6. The molecule has 2 heterocycles. The van der Waals surface area contributed by atoms with Gasteiger partial charge in [0.2, 0.25) is 0 Å². The maximum atomic E-state index is 13.2. The summed E-state index contributed by atoms with van der Waals surface area (Å²) >= 11 is 3.35. The Morgan fingerprint density at radius 3 is 2.84 bits per heavy atom. The van der Waals surface area contributed by atoms with E-state index in [9.17, 15) is 9.59 Å². The fraction of sp³-hybridized carbons (Fsp3) is 0.167. The second-order valence-electron chi connectivity index (χ2n) is 5.81. The van der Waals surface area contributed by atoms with Crippen LogP contribution in [0.25, 0.3) is 6.08 Å². The Hall–Kier alpha value is -2.51. The van der Waals surface area contributed by atoms with Gasteiger partial charge in [-0.2, -0.15) is 0 Å². The lowest BCUT2D eigenvalue weighted by Crippen LogP contribution is -2.50. The van der Waals surface area contributed by atoms with Gasteiger partial charge in [-0.1, -0.05) is 18.2 Å². The zero-order valence-electron chi connectivity index (χ0n) is 13.1. The lowest BCUT2D eigenvalue weighted by atomic mass is 9.83. The summed E-state index contributed by atoms with van der Waals surface area (Å²) < 4.78 is 0.725. The predicted octanol–water partition coefficient (Wildman–Crippen LogP) is 2.49. The number of aromatic nitrogens is 1. The van der Waals surface area contributed by atoms with Crippen molar-refractivity contribution in [3.8, 4) is 0 Å². The highest BCUT2D eigenvalue weighted by Gasteiger charge is 2.42. The van der Waals surface area contributed by atoms with E-state index in [1.807, 2.05) is 12.1 Å². The number of amides is 1. The van der Waals surface area contributed by atoms with Crippen LogP contribution in [0, 0.1) is 0 Å². The van der Waals surface area contributed by atoms with Gasteiger partial charge in [0.25, 0.3) is 5.91 Å². The van der Waals surface area contributed by atoms with Gasteiger partial charge in [0, 0.05) is 28.5 Å². The SMILES string of the molecule is O=C1c2c3ccc(NCCO)c2C(=O)N(c2cncc(Br)c2)C1C=C3. The highest BCUT2D eigenvalue weighted by Crippen LogP contribution is 2.38. The molecule has 0 radical (unpaired) electrons. The van der Waals surface area contributed by atoms with Crippen LogP contribution < -0.4 is 10.2 Å². The summed E-state index contributed by atoms with van der Waals surface area (Å²) in [7, 11) is 0. The van der Waals surface area contributed by atoms with Crippen molar-refractivity contribution in [2.75, 3.05) is 23.4 Å². The first-order valence-corrected chi connectivity index (χ1v) is 8.59. The Morgan fingerprint density at radius 1 is 1.24 bits per heavy atom. The Labute approximate surface area is 152 Å². The molecule has 0 saturated carbocycles. The van der Waals surface area contributed by atoms with Gasteiger partial charge in [0.05, 0.1) is 24.1 Å². The molecule has 0 fully saturated rings. The van der Waals surface area contributed by atoms with Gasteiger partial charge in [-0.15, -0.1) is 0 Å². The largest absolute Gasteiger partial charge is 0.395 e. The molecule has 4 rings (SSSR count). The molecule has 1 amide bonds. The first-order valence-electron chi connectivity index (χ1n) is 7.80. The van der Waals surface area contributed by atoms with Gasteiger partial charge in [-0.05, 0) is 33.6 Å². The topological polar surface area (TPSA) is 82.5 Å². The quantitative estimate of drug-likeness (QED) is 0.824. The molecule has 1 aliphatic carbocycles. The van der Waals surface area contributed by atoms with Gasteiger partial charge in [-0.3, -0.25) is 19.5 Å². The summed E-state index contributed by atoms with van der Waals surface area (Å²) in [5, 5.41) is 12.1. The number of fused-ring (bicyclic) bond motifs is 1. The van der Waals surface area contributed by atoms with E-state index in [4.69, 9.17) is 5.11 Å². The van der Waals surface area contributed by atoms with Crippen molar-refractivity contribution in [2.24, 2.45) is 0 Å². The van der Waals surface area contributed by atoms with E-state index in [0.717, 1.165) is 10.0 Å². The van der Waals surface area contributed by atoms with E-state index in [1.165, 1.54) is 4.90 Å². The van der Waals surface area contributed by atoms with Crippen LogP contribution in [-0.2, 0) is 0 Å². The minimum absolute atomic E-state index is 0.0690. The van der Waals surface area contributed by atoms with Gasteiger partial charge in [0.1, 0.15) is 6.04 Å². The molecule has 2 aromatic rings. The lowest BCUT2D eigenvalue weighted by molar-refractivity contribution is 0.0885. The maximum absolute atomic E-state index is 13.2. The Morgan fingerprint density at radius 2 is 2.08 bits per heavy atom. The third-order valence-electron chi connectivity index (χ3n) is 4.32. The highest BCUT2D eigenvalue weighted by atomic mass is 79.9. The molecule has 25 heavy (non-hydrogen) atoms. The number of halogens is 1. The molecular formula is C18H14BrN3O3. The number of hydrogen-bond acceptors (Lipinski definition) is 5. The number of nitrogens with one attached hydrogen (secondary N) is 1. The van der Waals surface area contributed by atoms with Crippen LogP contribution in [0.5, 0.6) is 0 Å². The van der Waals surface area contributed by atoms with Crippen molar-refractivity contribution in [3.05, 3.63) is 57.8 Å². The fourth-order valence-corrected chi connectivity index (χ4v) is 3.63. The number of carbonyl (C=O) groups excluding carboxylic acids is 2. The summed E-state index contributed by atoms with van der Waals surface area (Å²) in [5.41, 5.74) is 2.63. The van der Waals surface area contributed by atoms with Crippen LogP contribution in [0.15, 0.2) is 41.1 Å². The number of aliphatic hydroxyl groups excluding tert-OH is 1. The van der Waals surface area contributed by atoms with Crippen LogP contribution >= 0.6 is 15.9 Å². The van der Waals surface area contributed by atoms with Gasteiger partial charge in [0.15, 0.2) is 5.78 Å². The summed E-state index contributed by atoms with van der Waals surface area (Å²) in [6.45, 7) is 0.228. The van der Waals surface area contributed by atoms with E-state index in [-0.39, 0.29) is 18.3 Å². The van der Waals surface area contributed by atoms with Crippen LogP contribution in [0.3, 0.4) is 0 Å². The normalized spacial score (nSPS) is 17.8. The van der Waals surface area contributed by atoms with E-state index in [1.54, 1.807) is 30.6 Å². The minimum atomic E-state index is -0.670. The molecule has 2 aliphatic rings. The number of benzene rings is 1. The molecule has 1 aliphatic heterocycles. The fourth-order valence-electron chi connectivity index (χ4n) is 3.27. The number of ketones is 1. The molecule has 2 N–H and O–H groups in total. The second-order valence-corrected chi connectivity index (χ2v) is 6.72. The molecule has 0 spiro atoms. The van der Waals surface area contributed by atoms with Crippen LogP contribution in [0.4, 0.5) is 11.4 Å². The first kappa shape index (κ1) is 16.0. The molecule has 1 unspecified atom stereocenters. The second kappa shape index (κ2) is 6.09. The molecule has 6 nitrogen and oxygen atoms in total. The summed E-state index contributed by atoms with van der Waals surface area (Å²) in [6.07, 6.45) is 6.80. The number of Topliss-reactive ketones (excluding diaryl/α,β-unsaturated/α-hetero) is 1. The van der Waals surface area contributed by atoms with Crippen LogP contribution in [0.2, 0.25) is 0 Å². The molecule has 1 atom stereocenters. The smallest absolute Gasteiger partial charge is 0.262 e. The molecular weight excluding hydrogens is 386 g/mol. The predicted molar refractivity (Wildman–Crippen MR) is 97.9 cm³/mol. The average molecular weight is 400 g/mol. The average Bonchev–Trinajstić information content (AvgIpc) is 2.60. The van der Waals surface area contributed by atoms with E-state index in [2.05, 4.69) is 26.2 Å². The third kappa shape index (κ3) is 2.47. The van der Waals surface area contributed by atoms with Crippen molar-refractivity contribution in [3.63, 3.8) is 0 Å². The standard InChI is InChI=1S/C18H14BrN3O3/c19-11-7-12(9-20-8-11)22-14-4-2-10-1-3-13(21-5-6-23)16(18(22)25)15(10)17(14)24/h1-4,7-9,14,21,23H,5-6H2. The molecule has 0 saturated heterocycles. The van der Waals surface area contributed by atoms with Crippen molar-refractivity contribution in [1.82, 2.24) is 4.98 Å². The Bertz CT molecular complexity index is 926. The number of hydrogen-bond donors (Lipinski definition) is 2. The highest BCUT2D eigenvalue weighted by molar-refractivity contribution is 9.10. The van der Waals surface area contributed by atoms with Gasteiger partial charge < -0.3 is 10.4 Å². The molecule has 126 valence electrons. The number of nitrogens with zero attached hydrogens (tertiary/aromatic N) is 2. The zero-order valence-corrected chi connectivity index (χ0v) is 14.7. The Kier molecular flexibility index (Phi) is 3.89. The number of aliphatic hydroxyl groups is 1. The molecule has 7 heteroatoms. The number of carbonyl (C=O) groups is 2. The first-order chi connectivity index (χ1) is 12.1. The van der Waals surface area contributed by atoms with Crippen LogP contribution in [0.1, 0.15) is 26.3 Å². The van der Waals surface area contributed by atoms with E-state index in [0.29, 0.717) is 29.0 Å². The van der Waals surface area contributed by atoms with Gasteiger partial charge >= 0.3 is 0 Å². The Balaban J connectivity index is 1.91. The molecule has 1 aromatic heterocycles. The third-order valence-corrected chi connectivity index (χ3v) is 4.75. The lowest BCUT2D eigenvalue weighted by Gasteiger charge is -2.37. The summed E-state index contributed by atoms with van der Waals surface area (Å²) in [5.74, 6) is -0.370. The van der Waals surface area contributed by atoms with Gasteiger partial charge in [-0.25, -0.2) is 0 Å². The number of anilines is 2. The molecule has 1 aromatic carbocycles. The van der Waals surface area contributed by atoms with E-state index >= 15 is 0 Å². The summed E-state index contributed by atoms with van der Waals surface area (Å²) in [6, 6.07) is 4.67.